The van der Waals surface area contributed by atoms with Crippen LogP contribution < -0.4 is 10.8 Å². The Hall–Kier alpha value is -2.13. The number of halogens is 1. The summed E-state index contributed by atoms with van der Waals surface area (Å²) in [5, 5.41) is 2.73. The molecule has 0 spiro atoms. The third-order valence-corrected chi connectivity index (χ3v) is 6.87. The largest absolute Gasteiger partial charge is 0.494 e. The van der Waals surface area contributed by atoms with Gasteiger partial charge in [0.15, 0.2) is 0 Å². The van der Waals surface area contributed by atoms with Crippen molar-refractivity contribution >= 4 is 24.6 Å². The van der Waals surface area contributed by atoms with Gasteiger partial charge in [-0.3, -0.25) is 4.79 Å². The SMILES string of the molecule is C[C@@H](c1ccc(B2OC(C)(C)C(C)(C)O2)cc1)[C@H](NC(=O)OC(C)(C)C)C(=O)N1CC[C@H](F)C1. The zero-order valence-electron chi connectivity index (χ0n) is 21.6. The second-order valence-electron chi connectivity index (χ2n) is 11.3. The topological polar surface area (TPSA) is 77.1 Å². The summed E-state index contributed by atoms with van der Waals surface area (Å²) >= 11 is 0. The van der Waals surface area contributed by atoms with Crippen LogP contribution in [0, 0.1) is 0 Å². The lowest BCUT2D eigenvalue weighted by Gasteiger charge is -2.32. The highest BCUT2D eigenvalue weighted by Gasteiger charge is 2.51. The highest BCUT2D eigenvalue weighted by Crippen LogP contribution is 2.36. The van der Waals surface area contributed by atoms with Crippen molar-refractivity contribution in [3.05, 3.63) is 29.8 Å². The molecule has 3 rings (SSSR count). The van der Waals surface area contributed by atoms with Crippen LogP contribution in [0.2, 0.25) is 0 Å². The Morgan fingerprint density at radius 2 is 1.71 bits per heavy atom. The number of alkyl halides is 1. The van der Waals surface area contributed by atoms with Crippen molar-refractivity contribution in [3.63, 3.8) is 0 Å². The van der Waals surface area contributed by atoms with E-state index in [4.69, 9.17) is 14.0 Å². The number of carbonyl (C=O) groups is 2. The average Bonchev–Trinajstić information content (AvgIpc) is 3.24. The van der Waals surface area contributed by atoms with Gasteiger partial charge in [0.05, 0.1) is 17.7 Å². The van der Waals surface area contributed by atoms with Crippen molar-refractivity contribution in [1.82, 2.24) is 10.2 Å². The van der Waals surface area contributed by atoms with Gasteiger partial charge in [0, 0.05) is 12.5 Å². The first-order chi connectivity index (χ1) is 15.6. The standard InChI is InChI=1S/C25H38BFN2O5/c1-16(17-9-11-18(12-10-17)26-33-24(5,6)25(7,8)34-26)20(28-22(31)32-23(2,3)4)21(30)29-14-13-19(27)15-29/h9-12,16,19-20H,13-15H2,1-8H3,(H,28,31)/t16-,19-,20-/m0/s1. The molecular weight excluding hydrogens is 438 g/mol. The Morgan fingerprint density at radius 1 is 1.15 bits per heavy atom. The van der Waals surface area contributed by atoms with Crippen LogP contribution in [0.4, 0.5) is 9.18 Å². The molecule has 2 aliphatic rings. The number of carbonyl (C=O) groups excluding carboxylic acids is 2. The number of ether oxygens (including phenoxy) is 1. The first-order valence-corrected chi connectivity index (χ1v) is 12.0. The second-order valence-corrected chi connectivity index (χ2v) is 11.3. The summed E-state index contributed by atoms with van der Waals surface area (Å²) in [6.07, 6.45) is -1.41. The van der Waals surface area contributed by atoms with Crippen molar-refractivity contribution in [3.8, 4) is 0 Å². The number of hydrogen-bond donors (Lipinski definition) is 1. The average molecular weight is 476 g/mol. The molecule has 1 N–H and O–H groups in total. The second kappa shape index (κ2) is 9.49. The number of nitrogens with one attached hydrogen (secondary N) is 1. The van der Waals surface area contributed by atoms with Gasteiger partial charge < -0.3 is 24.3 Å². The van der Waals surface area contributed by atoms with E-state index in [1.807, 2.05) is 58.9 Å². The van der Waals surface area contributed by atoms with Gasteiger partial charge >= 0.3 is 13.2 Å². The van der Waals surface area contributed by atoms with E-state index in [1.165, 1.54) is 4.90 Å². The minimum atomic E-state index is -1.04. The molecular formula is C25H38BFN2O5. The molecule has 2 saturated heterocycles. The smallest absolute Gasteiger partial charge is 0.444 e. The number of benzene rings is 1. The molecule has 2 amide bonds. The highest BCUT2D eigenvalue weighted by atomic mass is 19.1. The number of amides is 2. The molecule has 1 aromatic carbocycles. The van der Waals surface area contributed by atoms with Crippen LogP contribution in [0.3, 0.4) is 0 Å². The maximum absolute atomic E-state index is 13.8. The summed E-state index contributed by atoms with van der Waals surface area (Å²) in [4.78, 5) is 27.3. The molecule has 0 aliphatic carbocycles. The minimum absolute atomic E-state index is 0.0406. The zero-order valence-corrected chi connectivity index (χ0v) is 21.6. The van der Waals surface area contributed by atoms with Crippen molar-refractivity contribution < 1.29 is 28.0 Å². The summed E-state index contributed by atoms with van der Waals surface area (Å²) in [5.41, 5.74) is 0.136. The summed E-state index contributed by atoms with van der Waals surface area (Å²) < 4.78 is 31.4. The Balaban J connectivity index is 1.79. The molecule has 34 heavy (non-hydrogen) atoms. The molecule has 0 aromatic heterocycles. The molecule has 0 radical (unpaired) electrons. The fourth-order valence-electron chi connectivity index (χ4n) is 4.08. The summed E-state index contributed by atoms with van der Waals surface area (Å²) in [5.74, 6) is -0.681. The van der Waals surface area contributed by atoms with E-state index < -0.39 is 42.2 Å². The first kappa shape index (κ1) is 26.5. The first-order valence-electron chi connectivity index (χ1n) is 12.0. The molecule has 3 atom stereocenters. The van der Waals surface area contributed by atoms with Crippen LogP contribution in [0.25, 0.3) is 0 Å². The van der Waals surface area contributed by atoms with E-state index >= 15 is 0 Å². The van der Waals surface area contributed by atoms with Crippen molar-refractivity contribution in [2.45, 2.75) is 96.7 Å². The molecule has 0 unspecified atom stereocenters. The summed E-state index contributed by atoms with van der Waals surface area (Å²) in [6.45, 7) is 15.5. The molecule has 2 fully saturated rings. The lowest BCUT2D eigenvalue weighted by Crippen LogP contribution is -2.51. The highest BCUT2D eigenvalue weighted by molar-refractivity contribution is 6.62. The summed E-state index contributed by atoms with van der Waals surface area (Å²) in [7, 11) is -0.488. The predicted molar refractivity (Wildman–Crippen MR) is 130 cm³/mol. The number of likely N-dealkylation sites (tertiary alicyclic amines) is 1. The predicted octanol–water partition coefficient (Wildman–Crippen LogP) is 3.55. The van der Waals surface area contributed by atoms with Crippen molar-refractivity contribution in [2.75, 3.05) is 13.1 Å². The molecule has 2 aliphatic heterocycles. The van der Waals surface area contributed by atoms with Crippen LogP contribution in [0.5, 0.6) is 0 Å². The molecule has 0 saturated carbocycles. The molecule has 0 bridgehead atoms. The van der Waals surface area contributed by atoms with Gasteiger partial charge in [-0.05, 0) is 65.9 Å². The van der Waals surface area contributed by atoms with E-state index in [2.05, 4.69) is 5.32 Å². The van der Waals surface area contributed by atoms with E-state index in [0.717, 1.165) is 11.0 Å². The van der Waals surface area contributed by atoms with Gasteiger partial charge in [-0.15, -0.1) is 0 Å². The third-order valence-electron chi connectivity index (χ3n) is 6.87. The van der Waals surface area contributed by atoms with E-state index in [-0.39, 0.29) is 18.4 Å². The van der Waals surface area contributed by atoms with Gasteiger partial charge in [0.25, 0.3) is 0 Å². The lowest BCUT2D eigenvalue weighted by molar-refractivity contribution is -0.133. The summed E-state index contributed by atoms with van der Waals surface area (Å²) in [6, 6.07) is 6.75. The van der Waals surface area contributed by atoms with Gasteiger partial charge in [-0.1, -0.05) is 31.2 Å². The number of rotatable bonds is 5. The maximum atomic E-state index is 13.8. The van der Waals surface area contributed by atoms with Crippen molar-refractivity contribution in [1.29, 1.82) is 0 Å². The van der Waals surface area contributed by atoms with Crippen molar-refractivity contribution in [2.24, 2.45) is 0 Å². The number of nitrogens with zero attached hydrogens (tertiary/aromatic N) is 1. The van der Waals surface area contributed by atoms with Gasteiger partial charge in [-0.2, -0.15) is 0 Å². The molecule has 2 heterocycles. The van der Waals surface area contributed by atoms with Crippen LogP contribution in [-0.4, -0.2) is 66.1 Å². The Kier molecular flexibility index (Phi) is 7.39. The molecule has 1 aromatic rings. The minimum Gasteiger partial charge on any atom is -0.444 e. The maximum Gasteiger partial charge on any atom is 0.494 e. The number of alkyl carbamates (subject to hydrolysis) is 1. The van der Waals surface area contributed by atoms with E-state index in [0.29, 0.717) is 13.0 Å². The van der Waals surface area contributed by atoms with Gasteiger partial charge in [0.2, 0.25) is 5.91 Å². The van der Waals surface area contributed by atoms with Crippen LogP contribution in [0.15, 0.2) is 24.3 Å². The molecule has 9 heteroatoms. The lowest BCUT2D eigenvalue weighted by atomic mass is 9.78. The van der Waals surface area contributed by atoms with E-state index in [9.17, 15) is 14.0 Å². The zero-order chi connectivity index (χ0) is 25.5. The van der Waals surface area contributed by atoms with Gasteiger partial charge in [-0.25, -0.2) is 9.18 Å². The number of hydrogen-bond acceptors (Lipinski definition) is 5. The Labute approximate surface area is 202 Å². The molecule has 7 nitrogen and oxygen atoms in total. The third kappa shape index (κ3) is 5.92. The molecule has 188 valence electrons. The van der Waals surface area contributed by atoms with Crippen LogP contribution in [0.1, 0.15) is 73.3 Å². The van der Waals surface area contributed by atoms with E-state index in [1.54, 1.807) is 20.8 Å². The Morgan fingerprint density at radius 3 is 2.18 bits per heavy atom. The normalized spacial score (nSPS) is 23.5. The fraction of sp³-hybridized carbons (Fsp3) is 0.680. The monoisotopic (exact) mass is 476 g/mol. The fourth-order valence-corrected chi connectivity index (χ4v) is 4.08. The van der Waals surface area contributed by atoms with Crippen LogP contribution >= 0.6 is 0 Å². The quantitative estimate of drug-likeness (QED) is 0.658. The van der Waals surface area contributed by atoms with Crippen LogP contribution in [-0.2, 0) is 18.8 Å². The Bertz CT molecular complexity index is 884. The van der Waals surface area contributed by atoms with Gasteiger partial charge in [0.1, 0.15) is 17.8 Å².